The van der Waals surface area contributed by atoms with E-state index in [-0.39, 0.29) is 35.6 Å². The molecule has 0 spiro atoms. The molecule has 0 radical (unpaired) electrons. The number of hydrogen-bond donors (Lipinski definition) is 5. The van der Waals surface area contributed by atoms with Crippen LogP contribution in [0.5, 0.6) is 5.75 Å². The van der Waals surface area contributed by atoms with Crippen molar-refractivity contribution in [3.8, 4) is 5.75 Å². The van der Waals surface area contributed by atoms with Crippen molar-refractivity contribution in [3.05, 3.63) is 101 Å². The van der Waals surface area contributed by atoms with Crippen molar-refractivity contribution in [2.24, 2.45) is 5.92 Å². The molecule has 252 valence electrons. The summed E-state index contributed by atoms with van der Waals surface area (Å²) in [5, 5.41) is 14.8. The molecule has 0 aliphatic rings. The van der Waals surface area contributed by atoms with Crippen LogP contribution in [0.4, 0.5) is 0 Å². The number of hydrogen-bond acceptors (Lipinski definition) is 6. The van der Waals surface area contributed by atoms with E-state index in [0.717, 1.165) is 16.9 Å². The van der Waals surface area contributed by atoms with Crippen LogP contribution in [0.3, 0.4) is 0 Å². The van der Waals surface area contributed by atoms with Crippen LogP contribution in [0.2, 0.25) is 0 Å². The topological polar surface area (TPSA) is 138 Å². The second-order valence-corrected chi connectivity index (χ2v) is 11.7. The number of benzene rings is 3. The van der Waals surface area contributed by atoms with E-state index in [1.807, 2.05) is 82.3 Å². The first-order chi connectivity index (χ1) is 22.6. The van der Waals surface area contributed by atoms with Gasteiger partial charge in [-0.15, -0.1) is 0 Å². The Morgan fingerprint density at radius 3 is 2.11 bits per heavy atom. The van der Waals surface area contributed by atoms with Gasteiger partial charge >= 0.3 is 0 Å². The highest BCUT2D eigenvalue weighted by atomic mass is 16.5. The zero-order chi connectivity index (χ0) is 34.2. The van der Waals surface area contributed by atoms with Crippen LogP contribution in [-0.4, -0.2) is 68.0 Å². The third-order valence-corrected chi connectivity index (χ3v) is 7.66. The maximum Gasteiger partial charge on any atom is 0.251 e. The smallest absolute Gasteiger partial charge is 0.251 e. The third kappa shape index (κ3) is 11.9. The predicted molar refractivity (Wildman–Crippen MR) is 184 cm³/mol. The summed E-state index contributed by atoms with van der Waals surface area (Å²) in [5.74, 6) is -0.418. The van der Waals surface area contributed by atoms with Gasteiger partial charge in [0, 0.05) is 36.8 Å². The normalized spacial score (nSPS) is 12.8. The molecule has 3 atom stereocenters. The number of ether oxygens (including phenoxy) is 1. The third-order valence-electron chi connectivity index (χ3n) is 7.66. The molecule has 0 aliphatic carbocycles. The van der Waals surface area contributed by atoms with Gasteiger partial charge in [0.05, 0.1) is 12.6 Å². The lowest BCUT2D eigenvalue weighted by Gasteiger charge is -2.25. The number of amides is 4. The van der Waals surface area contributed by atoms with Crippen molar-refractivity contribution in [1.29, 1.82) is 0 Å². The molecular formula is C37H49N5O5. The van der Waals surface area contributed by atoms with E-state index in [9.17, 15) is 19.2 Å². The molecule has 4 amide bonds. The highest BCUT2D eigenvalue weighted by molar-refractivity contribution is 5.99. The molecule has 10 heteroatoms. The molecule has 3 rings (SSSR count). The number of likely N-dealkylation sites (N-methyl/N-ethyl adjacent to an activating group) is 1. The van der Waals surface area contributed by atoms with Gasteiger partial charge in [0.25, 0.3) is 11.8 Å². The van der Waals surface area contributed by atoms with Crippen molar-refractivity contribution < 1.29 is 23.9 Å². The summed E-state index contributed by atoms with van der Waals surface area (Å²) in [6, 6.07) is 22.5. The first-order valence-corrected chi connectivity index (χ1v) is 16.4. The molecule has 3 aromatic rings. The Morgan fingerprint density at radius 2 is 1.43 bits per heavy atom. The SMILES string of the molecule is CCNC(=O)[C@@H](NC(=O)[C@H](C)NC[C@H](Cc1ccccc1)NC(=O)c1cccc(C(=O)NCCc2ccccc2OCC)c1)C(C)C. The Bertz CT molecular complexity index is 1460. The summed E-state index contributed by atoms with van der Waals surface area (Å²) in [5.41, 5.74) is 2.76. The maximum absolute atomic E-state index is 13.4. The van der Waals surface area contributed by atoms with Crippen molar-refractivity contribution in [2.75, 3.05) is 26.2 Å². The van der Waals surface area contributed by atoms with E-state index in [0.29, 0.717) is 50.2 Å². The second-order valence-electron chi connectivity index (χ2n) is 11.7. The summed E-state index contributed by atoms with van der Waals surface area (Å²) in [4.78, 5) is 51.9. The van der Waals surface area contributed by atoms with Gasteiger partial charge < -0.3 is 31.3 Å². The average molecular weight is 644 g/mol. The number of rotatable bonds is 18. The Labute approximate surface area is 278 Å². The van der Waals surface area contributed by atoms with Crippen LogP contribution in [0.25, 0.3) is 0 Å². The standard InChI is InChI=1S/C37H49N5O5/c1-6-38-37(46)33(25(3)4)42-34(43)26(5)40-24-31(22-27-14-9-8-10-15-27)41-36(45)30-18-13-17-29(23-30)35(44)39-21-20-28-16-11-12-19-32(28)47-7-2/h8-19,23,25-26,31,33,40H,6-7,20-22,24H2,1-5H3,(H,38,46)(H,39,44)(H,41,45)(H,42,43)/t26-,31-,33-/m0/s1. The van der Waals surface area contributed by atoms with Crippen molar-refractivity contribution >= 4 is 23.6 Å². The Morgan fingerprint density at radius 1 is 0.745 bits per heavy atom. The van der Waals surface area contributed by atoms with E-state index >= 15 is 0 Å². The van der Waals surface area contributed by atoms with Crippen LogP contribution in [0, 0.1) is 5.92 Å². The van der Waals surface area contributed by atoms with E-state index in [2.05, 4.69) is 26.6 Å². The summed E-state index contributed by atoms with van der Waals surface area (Å²) < 4.78 is 5.68. The molecule has 0 unspecified atom stereocenters. The minimum Gasteiger partial charge on any atom is -0.494 e. The lowest BCUT2D eigenvalue weighted by atomic mass is 10.0. The molecule has 10 nitrogen and oxygen atoms in total. The summed E-state index contributed by atoms with van der Waals surface area (Å²) in [6.07, 6.45) is 1.13. The Kier molecular flexibility index (Phi) is 14.9. The molecule has 0 saturated heterocycles. The minimum atomic E-state index is -0.651. The van der Waals surface area contributed by atoms with E-state index in [4.69, 9.17) is 4.74 Å². The van der Waals surface area contributed by atoms with Gasteiger partial charge in [-0.2, -0.15) is 0 Å². The van der Waals surface area contributed by atoms with Crippen LogP contribution in [-0.2, 0) is 22.4 Å². The predicted octanol–water partition coefficient (Wildman–Crippen LogP) is 3.65. The van der Waals surface area contributed by atoms with Crippen molar-refractivity contribution in [3.63, 3.8) is 0 Å². The van der Waals surface area contributed by atoms with E-state index < -0.39 is 12.1 Å². The quantitative estimate of drug-likeness (QED) is 0.144. The number of nitrogens with one attached hydrogen (secondary N) is 5. The van der Waals surface area contributed by atoms with Crippen LogP contribution < -0.4 is 31.3 Å². The van der Waals surface area contributed by atoms with Crippen molar-refractivity contribution in [2.45, 2.75) is 65.6 Å². The molecule has 3 aromatic carbocycles. The first kappa shape index (κ1) is 36.8. The van der Waals surface area contributed by atoms with Gasteiger partial charge in [-0.3, -0.25) is 19.2 Å². The summed E-state index contributed by atoms with van der Waals surface area (Å²) in [6.45, 7) is 11.0. The fourth-order valence-electron chi connectivity index (χ4n) is 5.07. The molecule has 0 aromatic heterocycles. The molecule has 0 aliphatic heterocycles. The van der Waals surface area contributed by atoms with E-state index in [1.165, 1.54) is 0 Å². The van der Waals surface area contributed by atoms with Gasteiger partial charge in [0.2, 0.25) is 11.8 Å². The van der Waals surface area contributed by atoms with Gasteiger partial charge in [-0.05, 0) is 74.9 Å². The van der Waals surface area contributed by atoms with Crippen molar-refractivity contribution in [1.82, 2.24) is 26.6 Å². The fraction of sp³-hybridized carbons (Fsp3) is 0.405. The Balaban J connectivity index is 1.63. The average Bonchev–Trinajstić information content (AvgIpc) is 3.07. The number of carbonyl (C=O) groups is 4. The lowest BCUT2D eigenvalue weighted by Crippen LogP contribution is -2.55. The first-order valence-electron chi connectivity index (χ1n) is 16.4. The van der Waals surface area contributed by atoms with Gasteiger partial charge in [0.15, 0.2) is 0 Å². The van der Waals surface area contributed by atoms with Gasteiger partial charge in [-0.1, -0.05) is 68.4 Å². The molecular weight excluding hydrogens is 594 g/mol. The van der Waals surface area contributed by atoms with Gasteiger partial charge in [-0.25, -0.2) is 0 Å². The molecule has 0 saturated carbocycles. The fourth-order valence-corrected chi connectivity index (χ4v) is 5.07. The molecule has 0 fully saturated rings. The molecule has 47 heavy (non-hydrogen) atoms. The monoisotopic (exact) mass is 643 g/mol. The molecule has 5 N–H and O–H groups in total. The minimum absolute atomic E-state index is 0.0854. The van der Waals surface area contributed by atoms with Crippen LogP contribution >= 0.6 is 0 Å². The second kappa shape index (κ2) is 19.1. The zero-order valence-corrected chi connectivity index (χ0v) is 28.1. The molecule has 0 bridgehead atoms. The largest absolute Gasteiger partial charge is 0.494 e. The Hall–Kier alpha value is -4.70. The summed E-state index contributed by atoms with van der Waals surface area (Å²) >= 11 is 0. The summed E-state index contributed by atoms with van der Waals surface area (Å²) in [7, 11) is 0. The van der Waals surface area contributed by atoms with Crippen LogP contribution in [0.15, 0.2) is 78.9 Å². The number of carbonyl (C=O) groups excluding carboxylic acids is 4. The lowest BCUT2D eigenvalue weighted by molar-refractivity contribution is -0.130. The van der Waals surface area contributed by atoms with Crippen LogP contribution in [0.1, 0.15) is 66.5 Å². The highest BCUT2D eigenvalue weighted by Crippen LogP contribution is 2.18. The zero-order valence-electron chi connectivity index (χ0n) is 28.1. The number of para-hydroxylation sites is 1. The van der Waals surface area contributed by atoms with Gasteiger partial charge in [0.1, 0.15) is 11.8 Å². The highest BCUT2D eigenvalue weighted by Gasteiger charge is 2.26. The maximum atomic E-state index is 13.4. The van der Waals surface area contributed by atoms with E-state index in [1.54, 1.807) is 31.2 Å². The molecule has 0 heterocycles.